The summed E-state index contributed by atoms with van der Waals surface area (Å²) in [6.07, 6.45) is 1.78. The van der Waals surface area contributed by atoms with E-state index in [-0.39, 0.29) is 17.9 Å². The van der Waals surface area contributed by atoms with Crippen LogP contribution in [-0.4, -0.2) is 38.7 Å². The van der Waals surface area contributed by atoms with Crippen molar-refractivity contribution in [1.29, 1.82) is 0 Å². The van der Waals surface area contributed by atoms with Gasteiger partial charge in [-0.2, -0.15) is 4.98 Å². The molecular formula is C19H23N5O4. The van der Waals surface area contributed by atoms with Crippen LogP contribution in [0, 0.1) is 0 Å². The summed E-state index contributed by atoms with van der Waals surface area (Å²) in [6, 6.07) is 4.93. The summed E-state index contributed by atoms with van der Waals surface area (Å²) in [6.45, 7) is 5.22. The van der Waals surface area contributed by atoms with E-state index in [1.165, 1.54) is 4.57 Å². The molecule has 0 aliphatic carbocycles. The Kier molecular flexibility index (Phi) is 4.66. The molecule has 1 aliphatic heterocycles. The summed E-state index contributed by atoms with van der Waals surface area (Å²) in [5.41, 5.74) is 1.73. The van der Waals surface area contributed by atoms with Crippen molar-refractivity contribution >= 4 is 22.8 Å². The van der Waals surface area contributed by atoms with Crippen LogP contribution in [0.15, 0.2) is 31.9 Å². The summed E-state index contributed by atoms with van der Waals surface area (Å²) in [4.78, 5) is 30.6. The molecule has 28 heavy (non-hydrogen) atoms. The molecule has 0 unspecified atom stereocenters. The number of anilines is 1. The number of carbonyl (C=O) groups is 1. The van der Waals surface area contributed by atoms with Crippen molar-refractivity contribution in [3.8, 4) is 0 Å². The number of amides is 2. The van der Waals surface area contributed by atoms with Crippen LogP contribution in [0.2, 0.25) is 0 Å². The van der Waals surface area contributed by atoms with Gasteiger partial charge in [-0.1, -0.05) is 19.0 Å². The van der Waals surface area contributed by atoms with Crippen molar-refractivity contribution < 1.29 is 13.7 Å². The van der Waals surface area contributed by atoms with E-state index in [9.17, 15) is 9.59 Å². The Hall–Kier alpha value is -3.10. The number of likely N-dealkylation sites (tertiary alicyclic amines) is 1. The third-order valence-corrected chi connectivity index (χ3v) is 5.07. The first-order valence-electron chi connectivity index (χ1n) is 9.41. The van der Waals surface area contributed by atoms with E-state index in [0.29, 0.717) is 41.6 Å². The van der Waals surface area contributed by atoms with Crippen molar-refractivity contribution in [3.05, 3.63) is 40.5 Å². The number of aromatic nitrogens is 3. The minimum atomic E-state index is -0.433. The van der Waals surface area contributed by atoms with E-state index in [4.69, 9.17) is 8.94 Å². The topological polar surface area (TPSA) is 106 Å². The minimum Gasteiger partial charge on any atom is -0.408 e. The molecule has 148 valence electrons. The molecule has 2 aromatic heterocycles. The van der Waals surface area contributed by atoms with Gasteiger partial charge in [0.1, 0.15) is 0 Å². The van der Waals surface area contributed by atoms with Gasteiger partial charge in [-0.25, -0.2) is 9.59 Å². The molecule has 1 fully saturated rings. The number of rotatable bonds is 3. The van der Waals surface area contributed by atoms with Crippen molar-refractivity contribution in [1.82, 2.24) is 19.6 Å². The number of benzene rings is 1. The summed E-state index contributed by atoms with van der Waals surface area (Å²) in [7, 11) is 1.63. The summed E-state index contributed by atoms with van der Waals surface area (Å²) in [5, 5.41) is 6.92. The van der Waals surface area contributed by atoms with Crippen LogP contribution in [0.5, 0.6) is 0 Å². The average molecular weight is 385 g/mol. The first-order valence-corrected chi connectivity index (χ1v) is 9.41. The first kappa shape index (κ1) is 18.3. The van der Waals surface area contributed by atoms with E-state index in [1.54, 1.807) is 30.1 Å². The van der Waals surface area contributed by atoms with Gasteiger partial charge >= 0.3 is 11.8 Å². The van der Waals surface area contributed by atoms with E-state index in [1.807, 2.05) is 13.8 Å². The fraction of sp³-hybridized carbons (Fsp3) is 0.474. The number of piperidine rings is 1. The summed E-state index contributed by atoms with van der Waals surface area (Å²) >= 11 is 0. The molecular weight excluding hydrogens is 362 g/mol. The Morgan fingerprint density at radius 3 is 2.93 bits per heavy atom. The average Bonchev–Trinajstić information content (AvgIpc) is 3.28. The van der Waals surface area contributed by atoms with Gasteiger partial charge in [-0.15, -0.1) is 0 Å². The number of oxazole rings is 1. The number of nitrogens with zero attached hydrogens (tertiary/aromatic N) is 4. The number of aryl methyl sites for hydroxylation is 1. The molecule has 1 atom stereocenters. The fourth-order valence-electron chi connectivity index (χ4n) is 3.42. The Labute approximate surface area is 161 Å². The number of hydrogen-bond donors (Lipinski definition) is 1. The molecule has 0 spiro atoms. The van der Waals surface area contributed by atoms with Crippen molar-refractivity contribution in [2.45, 2.75) is 38.5 Å². The lowest BCUT2D eigenvalue weighted by Crippen LogP contribution is -2.41. The lowest BCUT2D eigenvalue weighted by atomic mass is 9.98. The second kappa shape index (κ2) is 7.14. The van der Waals surface area contributed by atoms with Crippen LogP contribution >= 0.6 is 0 Å². The van der Waals surface area contributed by atoms with Crippen LogP contribution in [0.4, 0.5) is 10.5 Å². The standard InChI is InChI=1S/C19H23N5O4/c1-11(2)16-21-17(28-22-16)12-5-4-8-24(10-12)18(25)20-13-6-7-15-14(9-13)23(3)19(26)27-15/h6-7,9,11-12H,4-5,8,10H2,1-3H3,(H,20,25)/t12-/m1/s1. The highest BCUT2D eigenvalue weighted by atomic mass is 16.5. The first-order chi connectivity index (χ1) is 13.4. The van der Waals surface area contributed by atoms with Crippen molar-refractivity contribution in [3.63, 3.8) is 0 Å². The number of nitrogens with one attached hydrogen (secondary N) is 1. The highest BCUT2D eigenvalue weighted by Gasteiger charge is 2.29. The van der Waals surface area contributed by atoms with Crippen LogP contribution in [0.25, 0.3) is 11.1 Å². The van der Waals surface area contributed by atoms with E-state index in [0.717, 1.165) is 12.8 Å². The van der Waals surface area contributed by atoms with Gasteiger partial charge in [0.25, 0.3) is 0 Å². The van der Waals surface area contributed by atoms with Gasteiger partial charge in [-0.3, -0.25) is 4.57 Å². The number of carbonyl (C=O) groups excluding carboxylic acids is 1. The summed E-state index contributed by atoms with van der Waals surface area (Å²) < 4.78 is 11.9. The monoisotopic (exact) mass is 385 g/mol. The Balaban J connectivity index is 1.47. The van der Waals surface area contributed by atoms with E-state index in [2.05, 4.69) is 15.5 Å². The highest BCUT2D eigenvalue weighted by Crippen LogP contribution is 2.27. The smallest absolute Gasteiger partial charge is 0.408 e. The Morgan fingerprint density at radius 2 is 2.18 bits per heavy atom. The maximum absolute atomic E-state index is 12.7. The number of hydrogen-bond acceptors (Lipinski definition) is 6. The maximum atomic E-state index is 12.7. The Bertz CT molecular complexity index is 1060. The zero-order valence-electron chi connectivity index (χ0n) is 16.1. The molecule has 1 N–H and O–H groups in total. The molecule has 0 bridgehead atoms. The SMILES string of the molecule is CC(C)c1noc([C@@H]2CCCN(C(=O)Nc3ccc4oc(=O)n(C)c4c3)C2)n1. The van der Waals surface area contributed by atoms with Gasteiger partial charge in [0, 0.05) is 31.7 Å². The molecule has 9 nitrogen and oxygen atoms in total. The highest BCUT2D eigenvalue weighted by molar-refractivity contribution is 5.91. The second-order valence-electron chi connectivity index (χ2n) is 7.47. The predicted octanol–water partition coefficient (Wildman–Crippen LogP) is 3.05. The van der Waals surface area contributed by atoms with Crippen LogP contribution in [0.1, 0.15) is 50.2 Å². The van der Waals surface area contributed by atoms with Gasteiger partial charge < -0.3 is 19.2 Å². The third kappa shape index (κ3) is 3.39. The van der Waals surface area contributed by atoms with Crippen LogP contribution in [-0.2, 0) is 7.05 Å². The van der Waals surface area contributed by atoms with Gasteiger partial charge in [0.05, 0.1) is 11.4 Å². The van der Waals surface area contributed by atoms with Gasteiger partial charge in [0.2, 0.25) is 5.89 Å². The molecule has 3 aromatic rings. The number of fused-ring (bicyclic) bond motifs is 1. The van der Waals surface area contributed by atoms with Crippen molar-refractivity contribution in [2.24, 2.45) is 7.05 Å². The molecule has 0 radical (unpaired) electrons. The quantitative estimate of drug-likeness (QED) is 0.743. The summed E-state index contributed by atoms with van der Waals surface area (Å²) in [5.74, 6) is 1.09. The van der Waals surface area contributed by atoms with E-state index >= 15 is 0 Å². The van der Waals surface area contributed by atoms with E-state index < -0.39 is 5.76 Å². The predicted molar refractivity (Wildman–Crippen MR) is 102 cm³/mol. The molecule has 0 saturated carbocycles. The second-order valence-corrected chi connectivity index (χ2v) is 7.47. The largest absolute Gasteiger partial charge is 0.419 e. The maximum Gasteiger partial charge on any atom is 0.419 e. The lowest BCUT2D eigenvalue weighted by molar-refractivity contribution is 0.184. The molecule has 1 aromatic carbocycles. The zero-order chi connectivity index (χ0) is 19.8. The van der Waals surface area contributed by atoms with Gasteiger partial charge in [-0.05, 0) is 31.0 Å². The van der Waals surface area contributed by atoms with Crippen molar-refractivity contribution in [2.75, 3.05) is 18.4 Å². The minimum absolute atomic E-state index is 0.0386. The third-order valence-electron chi connectivity index (χ3n) is 5.07. The molecule has 9 heteroatoms. The van der Waals surface area contributed by atoms with Crippen LogP contribution < -0.4 is 11.1 Å². The number of urea groups is 1. The molecule has 1 aliphatic rings. The fourth-order valence-corrected chi connectivity index (χ4v) is 3.42. The van der Waals surface area contributed by atoms with Gasteiger partial charge in [0.15, 0.2) is 11.4 Å². The molecule has 3 heterocycles. The Morgan fingerprint density at radius 1 is 1.36 bits per heavy atom. The lowest BCUT2D eigenvalue weighted by Gasteiger charge is -2.31. The molecule has 1 saturated heterocycles. The molecule has 2 amide bonds. The normalized spacial score (nSPS) is 17.4. The molecule has 4 rings (SSSR count). The van der Waals surface area contributed by atoms with Crippen LogP contribution in [0.3, 0.4) is 0 Å². The zero-order valence-corrected chi connectivity index (χ0v) is 16.1.